The van der Waals surface area contributed by atoms with Crippen LogP contribution >= 0.6 is 0 Å². The molecule has 32 heavy (non-hydrogen) atoms. The topological polar surface area (TPSA) is 88.1 Å². The Balaban J connectivity index is 1.88. The van der Waals surface area contributed by atoms with Gasteiger partial charge in [0, 0.05) is 18.6 Å². The summed E-state index contributed by atoms with van der Waals surface area (Å²) in [5, 5.41) is 13.1. The first kappa shape index (κ1) is 23.6. The van der Waals surface area contributed by atoms with E-state index < -0.39 is 35.8 Å². The molecule has 0 radical (unpaired) electrons. The van der Waals surface area contributed by atoms with Crippen LogP contribution in [0, 0.1) is 5.92 Å². The number of aliphatic hydroxyl groups excluding tert-OH is 1. The van der Waals surface area contributed by atoms with Crippen molar-refractivity contribution < 1.29 is 24.2 Å². The van der Waals surface area contributed by atoms with Gasteiger partial charge < -0.3 is 19.9 Å². The fourth-order valence-corrected chi connectivity index (χ4v) is 4.15. The molecule has 2 aromatic carbocycles. The van der Waals surface area contributed by atoms with Crippen molar-refractivity contribution in [2.75, 3.05) is 6.61 Å². The normalized spacial score (nSPS) is 23.0. The number of nitrogens with zero attached hydrogens (tertiary/aromatic N) is 1. The Morgan fingerprint density at radius 2 is 1.62 bits per heavy atom. The van der Waals surface area contributed by atoms with E-state index >= 15 is 0 Å². The lowest BCUT2D eigenvalue weighted by Gasteiger charge is -2.30. The van der Waals surface area contributed by atoms with Crippen LogP contribution in [-0.4, -0.2) is 46.5 Å². The minimum atomic E-state index is -0.667. The smallest absolute Gasteiger partial charge is 0.410 e. The molecule has 1 heterocycles. The van der Waals surface area contributed by atoms with Crippen molar-refractivity contribution >= 4 is 12.2 Å². The molecule has 1 fully saturated rings. The monoisotopic (exact) mass is 440 g/mol. The van der Waals surface area contributed by atoms with E-state index in [2.05, 4.69) is 5.32 Å². The average molecular weight is 441 g/mol. The Bertz CT molecular complexity index is 898. The van der Waals surface area contributed by atoms with Crippen LogP contribution in [0.2, 0.25) is 0 Å². The Morgan fingerprint density at radius 1 is 1.03 bits per heavy atom. The summed E-state index contributed by atoms with van der Waals surface area (Å²) in [6.07, 6.45) is -1.09. The SMILES string of the molecule is C[C@@H]1[C@H](CO)[C@H](NC(=O)OC(C)(C)C)[C@H](c2ccccc2)N1C(=O)OCc1ccccc1. The van der Waals surface area contributed by atoms with Gasteiger partial charge in [0.2, 0.25) is 0 Å². The molecule has 2 N–H and O–H groups in total. The molecule has 2 aromatic rings. The third-order valence-corrected chi connectivity index (χ3v) is 5.61. The molecule has 0 aromatic heterocycles. The van der Waals surface area contributed by atoms with Gasteiger partial charge in [-0.2, -0.15) is 0 Å². The summed E-state index contributed by atoms with van der Waals surface area (Å²) in [5.74, 6) is -0.392. The predicted octanol–water partition coefficient (Wildman–Crippen LogP) is 4.27. The number of rotatable bonds is 5. The summed E-state index contributed by atoms with van der Waals surface area (Å²) in [7, 11) is 0. The van der Waals surface area contributed by atoms with Crippen molar-refractivity contribution in [2.24, 2.45) is 5.92 Å². The Labute approximate surface area is 189 Å². The third kappa shape index (κ3) is 5.59. The first-order chi connectivity index (χ1) is 15.2. The summed E-state index contributed by atoms with van der Waals surface area (Å²) in [4.78, 5) is 27.4. The average Bonchev–Trinajstić information content (AvgIpc) is 3.03. The predicted molar refractivity (Wildman–Crippen MR) is 121 cm³/mol. The largest absolute Gasteiger partial charge is 0.445 e. The summed E-state index contributed by atoms with van der Waals surface area (Å²) < 4.78 is 11.1. The lowest BCUT2D eigenvalue weighted by atomic mass is 9.92. The lowest BCUT2D eigenvalue weighted by Crippen LogP contribution is -2.46. The van der Waals surface area contributed by atoms with Gasteiger partial charge in [-0.25, -0.2) is 9.59 Å². The molecule has 7 nitrogen and oxygen atoms in total. The van der Waals surface area contributed by atoms with Gasteiger partial charge in [0.15, 0.2) is 0 Å². The minimum absolute atomic E-state index is 0.137. The number of carbonyl (C=O) groups is 2. The standard InChI is InChI=1S/C25H32N2O5/c1-17-20(15-28)21(26-23(29)32-25(2,3)4)22(19-13-9-6-10-14-19)27(17)24(30)31-16-18-11-7-5-8-12-18/h5-14,17,20-22,28H,15-16H2,1-4H3,(H,26,29)/t17-,20+,21+,22+/m1/s1. The van der Waals surface area contributed by atoms with Crippen LogP contribution in [0.1, 0.15) is 44.9 Å². The number of likely N-dealkylation sites (tertiary alicyclic amines) is 1. The summed E-state index contributed by atoms with van der Waals surface area (Å²) >= 11 is 0. The fraction of sp³-hybridized carbons (Fsp3) is 0.440. The van der Waals surface area contributed by atoms with Gasteiger partial charge in [-0.1, -0.05) is 60.7 Å². The number of carbonyl (C=O) groups excluding carboxylic acids is 2. The second-order valence-electron chi connectivity index (χ2n) is 9.06. The van der Waals surface area contributed by atoms with E-state index in [0.717, 1.165) is 11.1 Å². The molecular weight excluding hydrogens is 408 g/mol. The van der Waals surface area contributed by atoms with Crippen molar-refractivity contribution in [2.45, 2.75) is 58.0 Å². The highest BCUT2D eigenvalue weighted by Crippen LogP contribution is 2.41. The van der Waals surface area contributed by atoms with Gasteiger partial charge in [-0.15, -0.1) is 0 Å². The second kappa shape index (κ2) is 10.0. The maximum atomic E-state index is 13.2. The number of aliphatic hydroxyl groups is 1. The van der Waals surface area contributed by atoms with Gasteiger partial charge >= 0.3 is 12.2 Å². The van der Waals surface area contributed by atoms with Crippen LogP contribution < -0.4 is 5.32 Å². The molecule has 1 aliphatic rings. The molecule has 0 bridgehead atoms. The lowest BCUT2D eigenvalue weighted by molar-refractivity contribution is 0.0465. The van der Waals surface area contributed by atoms with Crippen LogP contribution in [0.5, 0.6) is 0 Å². The molecule has 7 heteroatoms. The van der Waals surface area contributed by atoms with Crippen molar-refractivity contribution in [1.29, 1.82) is 0 Å². The molecule has 4 atom stereocenters. The molecule has 2 amide bonds. The van der Waals surface area contributed by atoms with Gasteiger partial charge in [0.25, 0.3) is 0 Å². The molecule has 1 aliphatic heterocycles. The van der Waals surface area contributed by atoms with Gasteiger partial charge in [0.1, 0.15) is 12.2 Å². The zero-order valence-corrected chi connectivity index (χ0v) is 19.0. The Kier molecular flexibility index (Phi) is 7.40. The van der Waals surface area contributed by atoms with Crippen molar-refractivity contribution in [1.82, 2.24) is 10.2 Å². The van der Waals surface area contributed by atoms with E-state index in [0.29, 0.717) is 0 Å². The van der Waals surface area contributed by atoms with Gasteiger partial charge in [0.05, 0.1) is 12.1 Å². The molecule has 0 unspecified atom stereocenters. The number of alkyl carbamates (subject to hydrolysis) is 1. The van der Waals surface area contributed by atoms with E-state index in [9.17, 15) is 14.7 Å². The highest BCUT2D eigenvalue weighted by Gasteiger charge is 2.51. The zero-order chi connectivity index (χ0) is 23.3. The number of hydrogen-bond donors (Lipinski definition) is 2. The quantitative estimate of drug-likeness (QED) is 0.725. The van der Waals surface area contributed by atoms with E-state index in [1.807, 2.05) is 67.6 Å². The van der Waals surface area contributed by atoms with E-state index in [1.54, 1.807) is 25.7 Å². The molecular formula is C25H32N2O5. The van der Waals surface area contributed by atoms with Crippen LogP contribution in [0.25, 0.3) is 0 Å². The molecule has 0 aliphatic carbocycles. The van der Waals surface area contributed by atoms with E-state index in [4.69, 9.17) is 9.47 Å². The maximum Gasteiger partial charge on any atom is 0.410 e. The molecule has 3 rings (SSSR count). The highest BCUT2D eigenvalue weighted by molar-refractivity contribution is 5.72. The molecule has 172 valence electrons. The second-order valence-corrected chi connectivity index (χ2v) is 9.06. The Morgan fingerprint density at radius 3 is 2.19 bits per heavy atom. The number of amides is 2. The number of hydrogen-bond acceptors (Lipinski definition) is 5. The maximum absolute atomic E-state index is 13.2. The number of nitrogens with one attached hydrogen (secondary N) is 1. The Hall–Kier alpha value is -3.06. The number of benzene rings is 2. The van der Waals surface area contributed by atoms with E-state index in [-0.39, 0.29) is 19.3 Å². The summed E-state index contributed by atoms with van der Waals surface area (Å²) in [6.45, 7) is 7.16. The summed E-state index contributed by atoms with van der Waals surface area (Å²) in [5.41, 5.74) is 1.05. The van der Waals surface area contributed by atoms with Crippen LogP contribution in [0.15, 0.2) is 60.7 Å². The van der Waals surface area contributed by atoms with Crippen LogP contribution in [0.4, 0.5) is 9.59 Å². The third-order valence-electron chi connectivity index (χ3n) is 5.61. The van der Waals surface area contributed by atoms with Crippen molar-refractivity contribution in [3.63, 3.8) is 0 Å². The molecule has 0 saturated carbocycles. The van der Waals surface area contributed by atoms with Crippen LogP contribution in [0.3, 0.4) is 0 Å². The fourth-order valence-electron chi connectivity index (χ4n) is 4.15. The molecule has 0 spiro atoms. The molecule has 1 saturated heterocycles. The minimum Gasteiger partial charge on any atom is -0.445 e. The zero-order valence-electron chi connectivity index (χ0n) is 19.0. The van der Waals surface area contributed by atoms with Crippen molar-refractivity contribution in [3.8, 4) is 0 Å². The van der Waals surface area contributed by atoms with Gasteiger partial charge in [-0.05, 0) is 38.8 Å². The van der Waals surface area contributed by atoms with Gasteiger partial charge in [-0.3, -0.25) is 4.90 Å². The first-order valence-corrected chi connectivity index (χ1v) is 10.9. The first-order valence-electron chi connectivity index (χ1n) is 10.9. The highest BCUT2D eigenvalue weighted by atomic mass is 16.6. The van der Waals surface area contributed by atoms with Crippen molar-refractivity contribution in [3.05, 3.63) is 71.8 Å². The van der Waals surface area contributed by atoms with Crippen LogP contribution in [-0.2, 0) is 16.1 Å². The number of ether oxygens (including phenoxy) is 2. The summed E-state index contributed by atoms with van der Waals surface area (Å²) in [6, 6.07) is 17.5. The van der Waals surface area contributed by atoms with E-state index in [1.165, 1.54) is 0 Å².